The molecule has 3 heterocycles. The first-order chi connectivity index (χ1) is 27.5. The van der Waals surface area contributed by atoms with Crippen molar-refractivity contribution in [3.63, 3.8) is 0 Å². The lowest BCUT2D eigenvalue weighted by molar-refractivity contribution is 1.18. The summed E-state index contributed by atoms with van der Waals surface area (Å²) in [5, 5.41) is 0. The third kappa shape index (κ3) is 7.41. The fraction of sp³-hybridized carbons (Fsp3) is 0.0385. The zero-order chi connectivity index (χ0) is 37.8. The van der Waals surface area contributed by atoms with Gasteiger partial charge in [-0.3, -0.25) is 9.97 Å². The third-order valence-corrected chi connectivity index (χ3v) is 10.1. The zero-order valence-electron chi connectivity index (χ0n) is 31.3. The van der Waals surface area contributed by atoms with Crippen LogP contribution in [0.15, 0.2) is 194 Å². The van der Waals surface area contributed by atoms with E-state index in [1.54, 1.807) is 0 Å². The second-order valence-corrected chi connectivity index (χ2v) is 14.1. The summed E-state index contributed by atoms with van der Waals surface area (Å²) >= 11 is 0. The second kappa shape index (κ2) is 15.2. The van der Waals surface area contributed by atoms with Gasteiger partial charge in [0, 0.05) is 40.5 Å². The van der Waals surface area contributed by atoms with Crippen molar-refractivity contribution in [1.82, 2.24) is 19.9 Å². The molecule has 0 aliphatic heterocycles. The van der Waals surface area contributed by atoms with Crippen molar-refractivity contribution in [3.8, 4) is 89.5 Å². The third-order valence-electron chi connectivity index (χ3n) is 10.1. The van der Waals surface area contributed by atoms with E-state index in [0.29, 0.717) is 5.82 Å². The molecule has 0 aliphatic carbocycles. The van der Waals surface area contributed by atoms with Crippen LogP contribution < -0.4 is 0 Å². The van der Waals surface area contributed by atoms with Crippen molar-refractivity contribution in [2.24, 2.45) is 0 Å². The Balaban J connectivity index is 1.22. The number of pyridine rings is 2. The van der Waals surface area contributed by atoms with Gasteiger partial charge in [-0.05, 0) is 130 Å². The largest absolute Gasteiger partial charge is 0.262 e. The van der Waals surface area contributed by atoms with Crippen LogP contribution in [0.3, 0.4) is 0 Å². The van der Waals surface area contributed by atoms with E-state index in [9.17, 15) is 0 Å². The molecule has 4 heteroatoms. The van der Waals surface area contributed by atoms with Crippen molar-refractivity contribution in [2.45, 2.75) is 13.8 Å². The summed E-state index contributed by atoms with van der Waals surface area (Å²) < 4.78 is 0. The van der Waals surface area contributed by atoms with E-state index in [4.69, 9.17) is 9.97 Å². The maximum Gasteiger partial charge on any atom is 0.160 e. The van der Waals surface area contributed by atoms with Crippen LogP contribution >= 0.6 is 0 Å². The quantitative estimate of drug-likeness (QED) is 0.157. The van der Waals surface area contributed by atoms with E-state index >= 15 is 0 Å². The summed E-state index contributed by atoms with van der Waals surface area (Å²) in [5.41, 5.74) is 17.9. The van der Waals surface area contributed by atoms with Crippen molar-refractivity contribution in [1.29, 1.82) is 0 Å². The van der Waals surface area contributed by atoms with Gasteiger partial charge >= 0.3 is 0 Å². The topological polar surface area (TPSA) is 51.6 Å². The Kier molecular flexibility index (Phi) is 9.36. The molecule has 4 nitrogen and oxygen atoms in total. The van der Waals surface area contributed by atoms with Crippen LogP contribution in [0.1, 0.15) is 11.4 Å². The molecule has 0 spiro atoms. The molecule has 9 aromatic rings. The molecule has 9 rings (SSSR count). The fourth-order valence-electron chi connectivity index (χ4n) is 7.24. The lowest BCUT2D eigenvalue weighted by atomic mass is 9.94. The number of hydrogen-bond acceptors (Lipinski definition) is 4. The predicted octanol–water partition coefficient (Wildman–Crippen LogP) is 13.2. The van der Waals surface area contributed by atoms with Crippen molar-refractivity contribution < 1.29 is 0 Å². The standard InChI is InChI=1S/C52H38N4/c1-35-27-43(23-25-53-35)41-15-9-17-45(29-41)50-34-51(46-18-10-16-42(30-46)44-24-26-54-36(2)28-44)56-52(55-50)49-32-47(38-13-7-4-8-14-38)31-48(33-49)40-21-19-39(20-22-40)37-11-5-3-6-12-37/h3-34H,1-2H3. The van der Waals surface area contributed by atoms with Gasteiger partial charge < -0.3 is 0 Å². The molecule has 0 aliphatic rings. The van der Waals surface area contributed by atoms with Gasteiger partial charge in [0.1, 0.15) is 0 Å². The Morgan fingerprint density at radius 3 is 1.11 bits per heavy atom. The van der Waals surface area contributed by atoms with Gasteiger partial charge in [0.25, 0.3) is 0 Å². The molecule has 56 heavy (non-hydrogen) atoms. The lowest BCUT2D eigenvalue weighted by Crippen LogP contribution is -1.97. The second-order valence-electron chi connectivity index (χ2n) is 14.1. The summed E-state index contributed by atoms with van der Waals surface area (Å²) in [4.78, 5) is 19.5. The summed E-state index contributed by atoms with van der Waals surface area (Å²) in [6, 6.07) is 64.1. The van der Waals surface area contributed by atoms with Gasteiger partial charge in [0.15, 0.2) is 5.82 Å². The van der Waals surface area contributed by atoms with Gasteiger partial charge in [0.2, 0.25) is 0 Å². The van der Waals surface area contributed by atoms with Crippen LogP contribution in [-0.2, 0) is 0 Å². The van der Waals surface area contributed by atoms with Crippen LogP contribution in [0, 0.1) is 13.8 Å². The Morgan fingerprint density at radius 1 is 0.268 bits per heavy atom. The fourth-order valence-corrected chi connectivity index (χ4v) is 7.24. The van der Waals surface area contributed by atoms with E-state index in [1.165, 1.54) is 11.1 Å². The molecule has 0 amide bonds. The van der Waals surface area contributed by atoms with Gasteiger partial charge in [0.05, 0.1) is 11.4 Å². The number of benzene rings is 6. The van der Waals surface area contributed by atoms with Crippen molar-refractivity contribution >= 4 is 0 Å². The maximum atomic E-state index is 5.34. The highest BCUT2D eigenvalue weighted by molar-refractivity contribution is 5.83. The zero-order valence-corrected chi connectivity index (χ0v) is 31.3. The molecular weight excluding hydrogens is 681 g/mol. The Bertz CT molecular complexity index is 2700. The Hall–Kier alpha value is -7.30. The molecule has 3 aromatic heterocycles. The average Bonchev–Trinajstić information content (AvgIpc) is 3.27. The number of rotatable bonds is 8. The van der Waals surface area contributed by atoms with Gasteiger partial charge in [-0.2, -0.15) is 0 Å². The van der Waals surface area contributed by atoms with E-state index < -0.39 is 0 Å². The Labute approximate surface area is 327 Å². The monoisotopic (exact) mass is 718 g/mol. The molecule has 0 radical (unpaired) electrons. The number of hydrogen-bond donors (Lipinski definition) is 0. The molecule has 0 N–H and O–H groups in total. The summed E-state index contributed by atoms with van der Waals surface area (Å²) in [6.45, 7) is 4.04. The molecule has 0 atom stereocenters. The van der Waals surface area contributed by atoms with E-state index in [2.05, 4.69) is 186 Å². The molecule has 0 fully saturated rings. The normalized spacial score (nSPS) is 11.0. The average molecular weight is 719 g/mol. The predicted molar refractivity (Wildman–Crippen MR) is 231 cm³/mol. The van der Waals surface area contributed by atoms with Crippen LogP contribution in [0.2, 0.25) is 0 Å². The number of aromatic nitrogens is 4. The highest BCUT2D eigenvalue weighted by atomic mass is 14.9. The van der Waals surface area contributed by atoms with Crippen LogP contribution in [0.25, 0.3) is 89.5 Å². The summed E-state index contributed by atoms with van der Waals surface area (Å²) in [7, 11) is 0. The summed E-state index contributed by atoms with van der Waals surface area (Å²) in [5.74, 6) is 0.660. The molecule has 0 saturated heterocycles. The van der Waals surface area contributed by atoms with E-state index in [1.807, 2.05) is 32.3 Å². The molecule has 0 unspecified atom stereocenters. The van der Waals surface area contributed by atoms with Gasteiger partial charge in [-0.1, -0.05) is 121 Å². The maximum absolute atomic E-state index is 5.34. The van der Waals surface area contributed by atoms with E-state index in [0.717, 1.165) is 84.0 Å². The first-order valence-corrected chi connectivity index (χ1v) is 18.9. The van der Waals surface area contributed by atoms with E-state index in [-0.39, 0.29) is 0 Å². The van der Waals surface area contributed by atoms with Gasteiger partial charge in [-0.25, -0.2) is 9.97 Å². The van der Waals surface area contributed by atoms with Crippen molar-refractivity contribution in [2.75, 3.05) is 0 Å². The van der Waals surface area contributed by atoms with Crippen LogP contribution in [0.5, 0.6) is 0 Å². The highest BCUT2D eigenvalue weighted by Gasteiger charge is 2.15. The SMILES string of the molecule is Cc1cc(-c2cccc(-c3cc(-c4cccc(-c5ccnc(C)c5)c4)nc(-c4cc(-c5ccccc5)cc(-c5ccc(-c6ccccc6)cc5)c4)n3)c2)ccn1. The minimum absolute atomic E-state index is 0.660. The molecule has 6 aromatic carbocycles. The number of nitrogens with zero attached hydrogens (tertiary/aromatic N) is 4. The first kappa shape index (κ1) is 34.5. The van der Waals surface area contributed by atoms with Gasteiger partial charge in [-0.15, -0.1) is 0 Å². The summed E-state index contributed by atoms with van der Waals surface area (Å²) in [6.07, 6.45) is 3.73. The molecule has 266 valence electrons. The first-order valence-electron chi connectivity index (χ1n) is 18.9. The highest BCUT2D eigenvalue weighted by Crippen LogP contribution is 2.36. The molecule has 0 saturated carbocycles. The minimum Gasteiger partial charge on any atom is -0.262 e. The lowest BCUT2D eigenvalue weighted by Gasteiger charge is -2.14. The smallest absolute Gasteiger partial charge is 0.160 e. The Morgan fingerprint density at radius 2 is 0.625 bits per heavy atom. The number of aryl methyl sites for hydroxylation is 2. The molecular formula is C52H38N4. The van der Waals surface area contributed by atoms with Crippen molar-refractivity contribution in [3.05, 3.63) is 206 Å². The minimum atomic E-state index is 0.660. The van der Waals surface area contributed by atoms with Crippen LogP contribution in [0.4, 0.5) is 0 Å². The van der Waals surface area contributed by atoms with Crippen LogP contribution in [-0.4, -0.2) is 19.9 Å². The molecule has 0 bridgehead atoms.